The molecule has 3 aromatic carbocycles. The van der Waals surface area contributed by atoms with Gasteiger partial charge in [-0.1, -0.05) is 60.7 Å². The van der Waals surface area contributed by atoms with E-state index in [4.69, 9.17) is 4.74 Å². The predicted molar refractivity (Wildman–Crippen MR) is 120 cm³/mol. The van der Waals surface area contributed by atoms with E-state index in [2.05, 4.69) is 48.5 Å². The normalized spacial score (nSPS) is 18.2. The van der Waals surface area contributed by atoms with E-state index in [-0.39, 0.29) is 11.9 Å². The summed E-state index contributed by atoms with van der Waals surface area (Å²) in [6.07, 6.45) is 5.24. The quantitative estimate of drug-likeness (QED) is 0.434. The Morgan fingerprint density at radius 1 is 1.03 bits per heavy atom. The van der Waals surface area contributed by atoms with Crippen molar-refractivity contribution in [2.24, 2.45) is 0 Å². The molecule has 0 aliphatic heterocycles. The predicted octanol–water partition coefficient (Wildman–Crippen LogP) is 5.83. The monoisotopic (exact) mass is 398 g/mol. The lowest BCUT2D eigenvalue weighted by Gasteiger charge is -2.34. The molecular formula is C27H26O3. The maximum Gasteiger partial charge on any atom is 0.330 e. The fourth-order valence-corrected chi connectivity index (χ4v) is 4.45. The largest absolute Gasteiger partial charge is 0.508 e. The molecule has 1 N–H and O–H groups in total. The number of hydrogen-bond acceptors (Lipinski definition) is 3. The molecule has 30 heavy (non-hydrogen) atoms. The minimum Gasteiger partial charge on any atom is -0.508 e. The first-order valence-electron chi connectivity index (χ1n) is 10.5. The first-order valence-corrected chi connectivity index (χ1v) is 10.5. The van der Waals surface area contributed by atoms with E-state index >= 15 is 0 Å². The van der Waals surface area contributed by atoms with Crippen molar-refractivity contribution in [3.8, 4) is 5.75 Å². The standard InChI is InChI=1S/C27H26O3/c1-2-30-26(29)17-10-19-8-11-21(12-9-19)27-24(20-6-4-3-5-7-20)15-13-22-18-23(28)14-16-25(22)27/h3-12,14,16-18,24,27-28H,2,13,15H2,1H3. The first-order chi connectivity index (χ1) is 14.7. The second-order valence-electron chi connectivity index (χ2n) is 7.67. The van der Waals surface area contributed by atoms with E-state index in [0.29, 0.717) is 18.3 Å². The summed E-state index contributed by atoms with van der Waals surface area (Å²) >= 11 is 0. The molecule has 2 atom stereocenters. The zero-order valence-corrected chi connectivity index (χ0v) is 17.1. The molecule has 0 saturated heterocycles. The van der Waals surface area contributed by atoms with E-state index in [1.807, 2.05) is 18.2 Å². The molecule has 0 fully saturated rings. The van der Waals surface area contributed by atoms with Crippen LogP contribution in [0.3, 0.4) is 0 Å². The Bertz CT molecular complexity index is 1040. The van der Waals surface area contributed by atoms with Crippen molar-refractivity contribution in [1.82, 2.24) is 0 Å². The summed E-state index contributed by atoms with van der Waals surface area (Å²) in [5.74, 6) is 0.598. The van der Waals surface area contributed by atoms with Crippen LogP contribution in [0.25, 0.3) is 6.08 Å². The van der Waals surface area contributed by atoms with Crippen LogP contribution in [0.15, 0.2) is 78.9 Å². The number of phenolic OH excluding ortho intramolecular Hbond substituents is 1. The highest BCUT2D eigenvalue weighted by molar-refractivity contribution is 5.87. The summed E-state index contributed by atoms with van der Waals surface area (Å²) in [5.41, 5.74) is 6.04. The Hall–Kier alpha value is -3.33. The molecule has 3 aromatic rings. The van der Waals surface area contributed by atoms with E-state index in [9.17, 15) is 9.90 Å². The number of hydrogen-bond donors (Lipinski definition) is 1. The number of esters is 1. The summed E-state index contributed by atoms with van der Waals surface area (Å²) in [6.45, 7) is 2.17. The lowest BCUT2D eigenvalue weighted by atomic mass is 9.69. The zero-order valence-electron chi connectivity index (χ0n) is 17.1. The second kappa shape index (κ2) is 9.00. The van der Waals surface area contributed by atoms with Crippen LogP contribution in [0.1, 0.15) is 53.0 Å². The van der Waals surface area contributed by atoms with Crippen molar-refractivity contribution in [2.75, 3.05) is 6.61 Å². The molecule has 0 aromatic heterocycles. The third-order valence-electron chi connectivity index (χ3n) is 5.81. The van der Waals surface area contributed by atoms with E-state index in [0.717, 1.165) is 18.4 Å². The summed E-state index contributed by atoms with van der Waals surface area (Å²) in [5, 5.41) is 9.96. The van der Waals surface area contributed by atoms with Crippen molar-refractivity contribution >= 4 is 12.0 Å². The molecule has 0 heterocycles. The molecule has 0 amide bonds. The van der Waals surface area contributed by atoms with Crippen LogP contribution in [0.5, 0.6) is 5.75 Å². The van der Waals surface area contributed by atoms with Crippen LogP contribution in [0.4, 0.5) is 0 Å². The number of aryl methyl sites for hydroxylation is 1. The van der Waals surface area contributed by atoms with E-state index in [1.54, 1.807) is 19.1 Å². The van der Waals surface area contributed by atoms with Crippen molar-refractivity contribution in [2.45, 2.75) is 31.6 Å². The number of carbonyl (C=O) groups excluding carboxylic acids is 1. The van der Waals surface area contributed by atoms with Gasteiger partial charge in [-0.3, -0.25) is 0 Å². The molecule has 3 heteroatoms. The van der Waals surface area contributed by atoms with Crippen LogP contribution in [-0.4, -0.2) is 17.7 Å². The van der Waals surface area contributed by atoms with Gasteiger partial charge >= 0.3 is 5.97 Å². The molecule has 4 rings (SSSR count). The van der Waals surface area contributed by atoms with E-state index in [1.165, 1.54) is 28.3 Å². The van der Waals surface area contributed by atoms with E-state index < -0.39 is 0 Å². The maximum absolute atomic E-state index is 11.6. The van der Waals surface area contributed by atoms with Crippen molar-refractivity contribution in [3.05, 3.63) is 107 Å². The van der Waals surface area contributed by atoms with Crippen molar-refractivity contribution in [1.29, 1.82) is 0 Å². The molecule has 2 unspecified atom stereocenters. The molecular weight excluding hydrogens is 372 g/mol. The summed E-state index contributed by atoms with van der Waals surface area (Å²) < 4.78 is 4.95. The van der Waals surface area contributed by atoms with Gasteiger partial charge in [-0.15, -0.1) is 0 Å². The Morgan fingerprint density at radius 2 is 1.80 bits per heavy atom. The minimum atomic E-state index is -0.327. The Balaban J connectivity index is 1.69. The van der Waals surface area contributed by atoms with Crippen LogP contribution < -0.4 is 0 Å². The second-order valence-corrected chi connectivity index (χ2v) is 7.67. The molecule has 0 bridgehead atoms. The average Bonchev–Trinajstić information content (AvgIpc) is 2.78. The fourth-order valence-electron chi connectivity index (χ4n) is 4.45. The molecule has 3 nitrogen and oxygen atoms in total. The SMILES string of the molecule is CCOC(=O)C=Cc1ccc(C2c3ccc(O)cc3CCC2c2ccccc2)cc1. The number of phenols is 1. The van der Waals surface area contributed by atoms with Gasteiger partial charge in [0.1, 0.15) is 5.75 Å². The molecule has 1 aliphatic carbocycles. The molecule has 1 aliphatic rings. The molecule has 152 valence electrons. The van der Waals surface area contributed by atoms with Gasteiger partial charge in [-0.05, 0) is 71.7 Å². The summed E-state index contributed by atoms with van der Waals surface area (Å²) in [6, 6.07) is 24.8. The van der Waals surface area contributed by atoms with Crippen LogP contribution >= 0.6 is 0 Å². The maximum atomic E-state index is 11.6. The van der Waals surface area contributed by atoms with Crippen LogP contribution in [0, 0.1) is 0 Å². The van der Waals surface area contributed by atoms with Gasteiger partial charge in [0.2, 0.25) is 0 Å². The third-order valence-corrected chi connectivity index (χ3v) is 5.81. The lowest BCUT2D eigenvalue weighted by molar-refractivity contribution is -0.137. The topological polar surface area (TPSA) is 46.5 Å². The molecule has 0 saturated carbocycles. The van der Waals surface area contributed by atoms with Gasteiger partial charge in [0.05, 0.1) is 6.61 Å². The highest BCUT2D eigenvalue weighted by atomic mass is 16.5. The fraction of sp³-hybridized carbons (Fsp3) is 0.222. The van der Waals surface area contributed by atoms with Gasteiger partial charge in [-0.25, -0.2) is 4.79 Å². The lowest BCUT2D eigenvalue weighted by Crippen LogP contribution is -2.20. The minimum absolute atomic E-state index is 0.222. The van der Waals surface area contributed by atoms with Gasteiger partial charge in [0, 0.05) is 12.0 Å². The Labute approximate surface area is 177 Å². The molecule has 0 spiro atoms. The summed E-state index contributed by atoms with van der Waals surface area (Å²) in [4.78, 5) is 11.6. The number of carbonyl (C=O) groups is 1. The summed E-state index contributed by atoms with van der Waals surface area (Å²) in [7, 11) is 0. The van der Waals surface area contributed by atoms with Crippen LogP contribution in [0.2, 0.25) is 0 Å². The van der Waals surface area contributed by atoms with Crippen molar-refractivity contribution < 1.29 is 14.6 Å². The number of benzene rings is 3. The highest BCUT2D eigenvalue weighted by Crippen LogP contribution is 2.46. The number of aromatic hydroxyl groups is 1. The Morgan fingerprint density at radius 3 is 2.53 bits per heavy atom. The van der Waals surface area contributed by atoms with Crippen LogP contribution in [-0.2, 0) is 16.0 Å². The highest BCUT2D eigenvalue weighted by Gasteiger charge is 2.32. The number of fused-ring (bicyclic) bond motifs is 1. The van der Waals surface area contributed by atoms with Crippen molar-refractivity contribution in [3.63, 3.8) is 0 Å². The average molecular weight is 399 g/mol. The Kier molecular flexibility index (Phi) is 5.99. The van der Waals surface area contributed by atoms with Gasteiger partial charge in [0.25, 0.3) is 0 Å². The first kappa shape index (κ1) is 20.0. The van der Waals surface area contributed by atoms with Gasteiger partial charge in [0.15, 0.2) is 0 Å². The number of rotatable bonds is 5. The van der Waals surface area contributed by atoms with Gasteiger partial charge < -0.3 is 9.84 Å². The molecule has 0 radical (unpaired) electrons. The smallest absolute Gasteiger partial charge is 0.330 e. The zero-order chi connectivity index (χ0) is 20.9. The number of ether oxygens (including phenoxy) is 1. The third kappa shape index (κ3) is 4.30. The van der Waals surface area contributed by atoms with Gasteiger partial charge in [-0.2, -0.15) is 0 Å².